The zero-order chi connectivity index (χ0) is 13.8. The van der Waals surface area contributed by atoms with E-state index in [0.29, 0.717) is 30.8 Å². The summed E-state index contributed by atoms with van der Waals surface area (Å²) in [6.45, 7) is 3.83. The van der Waals surface area contributed by atoms with Crippen molar-refractivity contribution in [3.8, 4) is 0 Å². The second-order valence-electron chi connectivity index (χ2n) is 6.01. The number of hydrogen-bond acceptors (Lipinski definition) is 3. The van der Waals surface area contributed by atoms with Crippen molar-refractivity contribution in [2.75, 3.05) is 19.6 Å². The first-order valence-corrected chi connectivity index (χ1v) is 7.80. The molecular formula is C15H24N4O. The van der Waals surface area contributed by atoms with Gasteiger partial charge in [-0.05, 0) is 50.8 Å². The highest BCUT2D eigenvalue weighted by molar-refractivity contribution is 5.76. The molecule has 110 valence electrons. The minimum Gasteiger partial charge on any atom is -0.339 e. The summed E-state index contributed by atoms with van der Waals surface area (Å²) in [7, 11) is 0. The average Bonchev–Trinajstić information content (AvgIpc) is 3.19. The van der Waals surface area contributed by atoms with Crippen LogP contribution in [0.5, 0.6) is 0 Å². The van der Waals surface area contributed by atoms with Crippen molar-refractivity contribution in [3.05, 3.63) is 18.5 Å². The summed E-state index contributed by atoms with van der Waals surface area (Å²) < 4.78 is 1.84. The number of piperidine rings is 1. The molecule has 1 aromatic rings. The number of rotatable bonds is 6. The predicted molar refractivity (Wildman–Crippen MR) is 77.2 cm³/mol. The Morgan fingerprint density at radius 2 is 2.30 bits per heavy atom. The first kappa shape index (κ1) is 13.6. The summed E-state index contributed by atoms with van der Waals surface area (Å²) >= 11 is 0. The van der Waals surface area contributed by atoms with Crippen molar-refractivity contribution in [1.82, 2.24) is 20.0 Å². The number of carbonyl (C=O) groups is 1. The SMILES string of the molecule is O=C(CCn1cccn1)N(CC1CCCNC1)C1CC1. The lowest BCUT2D eigenvalue weighted by molar-refractivity contribution is -0.132. The molecule has 1 N–H and O–H groups in total. The quantitative estimate of drug-likeness (QED) is 0.851. The molecule has 3 rings (SSSR count). The molecule has 1 saturated carbocycles. The summed E-state index contributed by atoms with van der Waals surface area (Å²) in [5.41, 5.74) is 0. The topological polar surface area (TPSA) is 50.2 Å². The van der Waals surface area contributed by atoms with Gasteiger partial charge in [-0.15, -0.1) is 0 Å². The van der Waals surface area contributed by atoms with Crippen LogP contribution in [0.3, 0.4) is 0 Å². The van der Waals surface area contributed by atoms with Gasteiger partial charge in [0.1, 0.15) is 0 Å². The molecule has 0 spiro atoms. The van der Waals surface area contributed by atoms with E-state index in [1.54, 1.807) is 6.20 Å². The van der Waals surface area contributed by atoms with Crippen LogP contribution in [0.2, 0.25) is 0 Å². The lowest BCUT2D eigenvalue weighted by atomic mass is 9.99. The summed E-state index contributed by atoms with van der Waals surface area (Å²) in [4.78, 5) is 14.6. The van der Waals surface area contributed by atoms with E-state index in [1.807, 2.05) is 16.9 Å². The standard InChI is InChI=1S/C15H24N4O/c20-15(6-10-18-9-2-8-17-18)19(14-4-5-14)12-13-3-1-7-16-11-13/h2,8-9,13-14,16H,1,3-7,10-12H2. The normalized spacial score (nSPS) is 22.7. The van der Waals surface area contributed by atoms with Gasteiger partial charge in [0.25, 0.3) is 0 Å². The van der Waals surface area contributed by atoms with Crippen molar-refractivity contribution in [2.45, 2.75) is 44.7 Å². The van der Waals surface area contributed by atoms with Gasteiger partial charge >= 0.3 is 0 Å². The smallest absolute Gasteiger partial charge is 0.224 e. The molecule has 0 bridgehead atoms. The van der Waals surface area contributed by atoms with Crippen molar-refractivity contribution in [2.24, 2.45) is 5.92 Å². The van der Waals surface area contributed by atoms with Crippen molar-refractivity contribution in [3.63, 3.8) is 0 Å². The zero-order valence-corrected chi connectivity index (χ0v) is 12.0. The number of aromatic nitrogens is 2. The van der Waals surface area contributed by atoms with Crippen molar-refractivity contribution < 1.29 is 4.79 Å². The third-order valence-electron chi connectivity index (χ3n) is 4.28. The minimum absolute atomic E-state index is 0.300. The van der Waals surface area contributed by atoms with Crippen molar-refractivity contribution >= 4 is 5.91 Å². The molecule has 1 unspecified atom stereocenters. The first-order chi connectivity index (χ1) is 9.83. The molecule has 0 radical (unpaired) electrons. The zero-order valence-electron chi connectivity index (χ0n) is 12.0. The molecule has 0 aromatic carbocycles. The molecule has 1 aromatic heterocycles. The number of hydrogen-bond donors (Lipinski definition) is 1. The molecule has 1 aliphatic heterocycles. The van der Waals surface area contributed by atoms with Crippen LogP contribution >= 0.6 is 0 Å². The van der Waals surface area contributed by atoms with Gasteiger partial charge in [0.05, 0.1) is 0 Å². The van der Waals surface area contributed by atoms with E-state index >= 15 is 0 Å². The molecule has 5 heteroatoms. The Bertz CT molecular complexity index is 421. The van der Waals surface area contributed by atoms with E-state index in [-0.39, 0.29) is 0 Å². The van der Waals surface area contributed by atoms with E-state index in [2.05, 4.69) is 15.3 Å². The van der Waals surface area contributed by atoms with Crippen molar-refractivity contribution in [1.29, 1.82) is 0 Å². The third kappa shape index (κ3) is 3.60. The summed E-state index contributed by atoms with van der Waals surface area (Å²) in [6, 6.07) is 2.42. The van der Waals surface area contributed by atoms with Gasteiger partial charge in [-0.2, -0.15) is 5.10 Å². The maximum Gasteiger partial charge on any atom is 0.224 e. The Labute approximate surface area is 120 Å². The van der Waals surface area contributed by atoms with Crippen LogP contribution in [0.4, 0.5) is 0 Å². The molecule has 1 aliphatic carbocycles. The summed E-state index contributed by atoms with van der Waals surface area (Å²) in [5, 5.41) is 7.60. The van der Waals surface area contributed by atoms with E-state index in [1.165, 1.54) is 25.7 Å². The molecule has 1 amide bonds. The van der Waals surface area contributed by atoms with E-state index in [0.717, 1.165) is 19.6 Å². The number of carbonyl (C=O) groups excluding carboxylic acids is 1. The van der Waals surface area contributed by atoms with Crippen LogP contribution in [0, 0.1) is 5.92 Å². The number of nitrogens with zero attached hydrogens (tertiary/aromatic N) is 3. The number of aryl methyl sites for hydroxylation is 1. The highest BCUT2D eigenvalue weighted by atomic mass is 16.2. The Balaban J connectivity index is 1.51. The Morgan fingerprint density at radius 3 is 2.95 bits per heavy atom. The predicted octanol–water partition coefficient (Wildman–Crippen LogP) is 1.26. The fourth-order valence-corrected chi connectivity index (χ4v) is 2.99. The Morgan fingerprint density at radius 1 is 1.40 bits per heavy atom. The monoisotopic (exact) mass is 276 g/mol. The summed E-state index contributed by atoms with van der Waals surface area (Å²) in [6.07, 6.45) is 9.11. The first-order valence-electron chi connectivity index (χ1n) is 7.80. The third-order valence-corrected chi connectivity index (χ3v) is 4.28. The molecule has 5 nitrogen and oxygen atoms in total. The molecule has 1 saturated heterocycles. The maximum absolute atomic E-state index is 12.5. The molecule has 2 aliphatic rings. The van der Waals surface area contributed by atoms with Gasteiger partial charge in [-0.1, -0.05) is 0 Å². The van der Waals surface area contributed by atoms with Gasteiger partial charge in [-0.3, -0.25) is 9.48 Å². The lowest BCUT2D eigenvalue weighted by Gasteiger charge is -2.30. The van der Waals surface area contributed by atoms with Crippen LogP contribution in [0.1, 0.15) is 32.1 Å². The second-order valence-corrected chi connectivity index (χ2v) is 6.01. The minimum atomic E-state index is 0.300. The van der Waals surface area contributed by atoms with Crippen LogP contribution in [-0.4, -0.2) is 46.3 Å². The van der Waals surface area contributed by atoms with Crippen LogP contribution in [-0.2, 0) is 11.3 Å². The second kappa shape index (κ2) is 6.39. The van der Waals surface area contributed by atoms with Crippen LogP contribution < -0.4 is 5.32 Å². The van der Waals surface area contributed by atoms with Crippen LogP contribution in [0.15, 0.2) is 18.5 Å². The van der Waals surface area contributed by atoms with E-state index in [4.69, 9.17) is 0 Å². The fourth-order valence-electron chi connectivity index (χ4n) is 2.99. The maximum atomic E-state index is 12.5. The fraction of sp³-hybridized carbons (Fsp3) is 0.733. The van der Waals surface area contributed by atoms with E-state index in [9.17, 15) is 4.79 Å². The largest absolute Gasteiger partial charge is 0.339 e. The number of amides is 1. The van der Waals surface area contributed by atoms with Gasteiger partial charge < -0.3 is 10.2 Å². The Kier molecular flexibility index (Phi) is 4.35. The molecule has 20 heavy (non-hydrogen) atoms. The van der Waals surface area contributed by atoms with E-state index < -0.39 is 0 Å². The highest BCUT2D eigenvalue weighted by Gasteiger charge is 2.33. The summed E-state index contributed by atoms with van der Waals surface area (Å²) in [5.74, 6) is 0.937. The molecular weight excluding hydrogens is 252 g/mol. The number of nitrogens with one attached hydrogen (secondary N) is 1. The lowest BCUT2D eigenvalue weighted by Crippen LogP contribution is -2.42. The molecule has 2 heterocycles. The van der Waals surface area contributed by atoms with Gasteiger partial charge in [0.2, 0.25) is 5.91 Å². The highest BCUT2D eigenvalue weighted by Crippen LogP contribution is 2.29. The molecule has 2 fully saturated rings. The van der Waals surface area contributed by atoms with Gasteiger partial charge in [0.15, 0.2) is 0 Å². The van der Waals surface area contributed by atoms with Gasteiger partial charge in [-0.25, -0.2) is 0 Å². The average molecular weight is 276 g/mol. The Hall–Kier alpha value is -1.36. The molecule has 1 atom stereocenters. The van der Waals surface area contributed by atoms with Gasteiger partial charge in [0, 0.05) is 37.9 Å². The van der Waals surface area contributed by atoms with Crippen LogP contribution in [0.25, 0.3) is 0 Å².